The average Bonchev–Trinajstić information content (AvgIpc) is 2.04. The Labute approximate surface area is 84.3 Å². The van der Waals surface area contributed by atoms with Crippen LogP contribution in [0.25, 0.3) is 0 Å². The maximum atomic E-state index is 10.8. The van der Waals surface area contributed by atoms with Gasteiger partial charge in [-0.3, -0.25) is 9.78 Å². The Hall–Kier alpha value is -0.650. The number of esters is 1. The molecule has 1 aromatic heterocycles. The molecule has 4 heteroatoms. The maximum Gasteiger partial charge on any atom is 0.311 e. The molecule has 1 heterocycles. The molecule has 0 saturated heterocycles. The highest BCUT2D eigenvalue weighted by molar-refractivity contribution is 14.1. The lowest BCUT2D eigenvalue weighted by atomic mass is 10.3. The number of carbonyl (C=O) groups is 1. The topological polar surface area (TPSA) is 39.2 Å². The first-order chi connectivity index (χ1) is 5.72. The van der Waals surface area contributed by atoms with Crippen molar-refractivity contribution in [3.63, 3.8) is 0 Å². The fraction of sp³-hybridized carbons (Fsp3) is 0.250. The van der Waals surface area contributed by atoms with Gasteiger partial charge in [-0.05, 0) is 34.7 Å². The van der Waals surface area contributed by atoms with Crippen LogP contribution in [-0.4, -0.2) is 18.1 Å². The summed E-state index contributed by atoms with van der Waals surface area (Å²) in [6, 6.07) is 3.73. The zero-order valence-electron chi connectivity index (χ0n) is 6.58. The highest BCUT2D eigenvalue weighted by Gasteiger charge is 2.03. The Morgan fingerprint density at radius 1 is 1.75 bits per heavy atom. The second kappa shape index (κ2) is 4.39. The van der Waals surface area contributed by atoms with Crippen molar-refractivity contribution in [3.05, 3.63) is 27.6 Å². The standard InChI is InChI=1S/C8H8INO2/c1-12-8(11)5-7-4-6(9)2-3-10-7/h2-4H,5H2,1H3. The van der Waals surface area contributed by atoms with E-state index >= 15 is 0 Å². The predicted octanol–water partition coefficient (Wildman–Crippen LogP) is 1.40. The summed E-state index contributed by atoms with van der Waals surface area (Å²) >= 11 is 2.17. The van der Waals surface area contributed by atoms with E-state index in [2.05, 4.69) is 32.3 Å². The third kappa shape index (κ3) is 2.77. The third-order valence-corrected chi connectivity index (χ3v) is 2.00. The first kappa shape index (κ1) is 9.44. The zero-order chi connectivity index (χ0) is 8.97. The molecule has 0 radical (unpaired) electrons. The number of pyridine rings is 1. The number of methoxy groups -OCH3 is 1. The van der Waals surface area contributed by atoms with Crippen LogP contribution in [0, 0.1) is 3.57 Å². The van der Waals surface area contributed by atoms with Gasteiger partial charge in [0.15, 0.2) is 0 Å². The van der Waals surface area contributed by atoms with Gasteiger partial charge in [0.1, 0.15) is 0 Å². The van der Waals surface area contributed by atoms with Gasteiger partial charge in [-0.1, -0.05) is 0 Å². The molecule has 0 aromatic carbocycles. The van der Waals surface area contributed by atoms with E-state index in [1.54, 1.807) is 6.20 Å². The van der Waals surface area contributed by atoms with E-state index in [0.717, 1.165) is 9.26 Å². The molecule has 0 N–H and O–H groups in total. The summed E-state index contributed by atoms with van der Waals surface area (Å²) in [5.74, 6) is -0.260. The summed E-state index contributed by atoms with van der Waals surface area (Å²) in [5, 5.41) is 0. The van der Waals surface area contributed by atoms with Crippen molar-refractivity contribution < 1.29 is 9.53 Å². The maximum absolute atomic E-state index is 10.8. The molecule has 0 aliphatic carbocycles. The lowest BCUT2D eigenvalue weighted by Crippen LogP contribution is -2.05. The van der Waals surface area contributed by atoms with Crippen molar-refractivity contribution in [2.45, 2.75) is 6.42 Å². The number of halogens is 1. The molecule has 0 spiro atoms. The molecule has 3 nitrogen and oxygen atoms in total. The minimum absolute atomic E-state index is 0.243. The fourth-order valence-corrected chi connectivity index (χ4v) is 1.29. The smallest absolute Gasteiger partial charge is 0.311 e. The monoisotopic (exact) mass is 277 g/mol. The molecule has 0 amide bonds. The number of hydrogen-bond donors (Lipinski definition) is 0. The van der Waals surface area contributed by atoms with Crippen LogP contribution < -0.4 is 0 Å². The zero-order valence-corrected chi connectivity index (χ0v) is 8.74. The second-order valence-electron chi connectivity index (χ2n) is 2.22. The van der Waals surface area contributed by atoms with Crippen LogP contribution >= 0.6 is 22.6 Å². The Morgan fingerprint density at radius 2 is 2.50 bits per heavy atom. The van der Waals surface area contributed by atoms with Crippen LogP contribution in [0.3, 0.4) is 0 Å². The van der Waals surface area contributed by atoms with Crippen LogP contribution in [0.1, 0.15) is 5.69 Å². The normalized spacial score (nSPS) is 9.50. The van der Waals surface area contributed by atoms with Gasteiger partial charge in [-0.2, -0.15) is 0 Å². The largest absolute Gasteiger partial charge is 0.469 e. The minimum atomic E-state index is -0.260. The van der Waals surface area contributed by atoms with E-state index in [1.165, 1.54) is 7.11 Å². The van der Waals surface area contributed by atoms with Gasteiger partial charge >= 0.3 is 5.97 Å². The van der Waals surface area contributed by atoms with Crippen LogP contribution in [0.2, 0.25) is 0 Å². The Kier molecular flexibility index (Phi) is 3.46. The highest BCUT2D eigenvalue weighted by atomic mass is 127. The SMILES string of the molecule is COC(=O)Cc1cc(I)ccn1. The molecule has 1 aromatic rings. The summed E-state index contributed by atoms with van der Waals surface area (Å²) in [7, 11) is 1.37. The molecule has 12 heavy (non-hydrogen) atoms. The molecule has 0 aliphatic heterocycles. The van der Waals surface area contributed by atoms with E-state index in [4.69, 9.17) is 0 Å². The summed E-state index contributed by atoms with van der Waals surface area (Å²) in [5.41, 5.74) is 0.744. The Balaban J connectivity index is 2.69. The molecule has 0 unspecified atom stereocenters. The van der Waals surface area contributed by atoms with Gasteiger partial charge in [0.05, 0.1) is 19.2 Å². The van der Waals surface area contributed by atoms with Crippen LogP contribution in [0.5, 0.6) is 0 Å². The average molecular weight is 277 g/mol. The first-order valence-corrected chi connectivity index (χ1v) is 4.47. The number of nitrogens with zero attached hydrogens (tertiary/aromatic N) is 1. The van der Waals surface area contributed by atoms with Gasteiger partial charge in [0, 0.05) is 9.77 Å². The van der Waals surface area contributed by atoms with Gasteiger partial charge in [-0.15, -0.1) is 0 Å². The molecule has 0 atom stereocenters. The number of hydrogen-bond acceptors (Lipinski definition) is 3. The predicted molar refractivity (Wildman–Crippen MR) is 52.7 cm³/mol. The Bertz CT molecular complexity index is 288. The highest BCUT2D eigenvalue weighted by Crippen LogP contribution is 2.05. The van der Waals surface area contributed by atoms with Gasteiger partial charge in [0.25, 0.3) is 0 Å². The Morgan fingerprint density at radius 3 is 3.08 bits per heavy atom. The molecular formula is C8H8INO2. The van der Waals surface area contributed by atoms with E-state index in [-0.39, 0.29) is 12.4 Å². The van der Waals surface area contributed by atoms with E-state index in [1.807, 2.05) is 12.1 Å². The summed E-state index contributed by atoms with van der Waals surface area (Å²) in [6.45, 7) is 0. The van der Waals surface area contributed by atoms with Crippen molar-refractivity contribution in [1.82, 2.24) is 4.98 Å². The van der Waals surface area contributed by atoms with Crippen molar-refractivity contribution in [2.24, 2.45) is 0 Å². The van der Waals surface area contributed by atoms with Crippen molar-refractivity contribution >= 4 is 28.6 Å². The number of carbonyl (C=O) groups excluding carboxylic acids is 1. The molecule has 0 saturated carbocycles. The second-order valence-corrected chi connectivity index (χ2v) is 3.46. The van der Waals surface area contributed by atoms with Crippen LogP contribution in [-0.2, 0) is 16.0 Å². The number of ether oxygens (including phenoxy) is 1. The molecular weight excluding hydrogens is 269 g/mol. The molecule has 0 bridgehead atoms. The molecule has 0 aliphatic rings. The first-order valence-electron chi connectivity index (χ1n) is 3.39. The molecule has 1 rings (SSSR count). The lowest BCUT2D eigenvalue weighted by Gasteiger charge is -1.98. The minimum Gasteiger partial charge on any atom is -0.469 e. The van der Waals surface area contributed by atoms with Crippen molar-refractivity contribution in [2.75, 3.05) is 7.11 Å². The molecule has 0 fully saturated rings. The summed E-state index contributed by atoms with van der Waals surface area (Å²) < 4.78 is 5.58. The van der Waals surface area contributed by atoms with E-state index < -0.39 is 0 Å². The van der Waals surface area contributed by atoms with E-state index in [0.29, 0.717) is 0 Å². The molecule has 64 valence electrons. The van der Waals surface area contributed by atoms with E-state index in [9.17, 15) is 4.79 Å². The third-order valence-electron chi connectivity index (χ3n) is 1.33. The van der Waals surface area contributed by atoms with Crippen molar-refractivity contribution in [3.8, 4) is 0 Å². The quantitative estimate of drug-likeness (QED) is 0.606. The van der Waals surface area contributed by atoms with Gasteiger partial charge in [0.2, 0.25) is 0 Å². The van der Waals surface area contributed by atoms with Gasteiger partial charge < -0.3 is 4.74 Å². The van der Waals surface area contributed by atoms with Crippen LogP contribution in [0.4, 0.5) is 0 Å². The summed E-state index contributed by atoms with van der Waals surface area (Å²) in [6.07, 6.45) is 1.92. The lowest BCUT2D eigenvalue weighted by molar-refractivity contribution is -0.139. The summed E-state index contributed by atoms with van der Waals surface area (Å²) in [4.78, 5) is 14.8. The van der Waals surface area contributed by atoms with Gasteiger partial charge in [-0.25, -0.2) is 0 Å². The van der Waals surface area contributed by atoms with Crippen molar-refractivity contribution in [1.29, 1.82) is 0 Å². The fourth-order valence-electron chi connectivity index (χ4n) is 0.765. The number of aromatic nitrogens is 1. The van der Waals surface area contributed by atoms with Crippen LogP contribution in [0.15, 0.2) is 18.3 Å². The number of rotatable bonds is 2.